The highest BCUT2D eigenvalue weighted by atomic mass is 16.6. The number of hydrogen-bond acceptors (Lipinski definition) is 3. The van der Waals surface area contributed by atoms with Crippen molar-refractivity contribution in [2.45, 2.75) is 25.0 Å². The van der Waals surface area contributed by atoms with Crippen LogP contribution in [-0.4, -0.2) is 61.3 Å². The molecular formula is C10H18N2O. The second-order valence-electron chi connectivity index (χ2n) is 4.52. The van der Waals surface area contributed by atoms with Crippen molar-refractivity contribution in [3.8, 4) is 0 Å². The molecule has 2 aliphatic heterocycles. The molecule has 0 aromatic rings. The SMILES string of the molecule is C1OC1CN1CCN(C2CC2)CC1. The summed E-state index contributed by atoms with van der Waals surface area (Å²) in [6.45, 7) is 7.28. The zero-order valence-corrected chi connectivity index (χ0v) is 8.11. The molecule has 2 saturated heterocycles. The first-order valence-corrected chi connectivity index (χ1v) is 5.50. The van der Waals surface area contributed by atoms with Crippen molar-refractivity contribution < 1.29 is 4.74 Å². The number of epoxide rings is 1. The Balaban J connectivity index is 1.43. The van der Waals surface area contributed by atoms with Gasteiger partial charge in [-0.15, -0.1) is 0 Å². The van der Waals surface area contributed by atoms with E-state index in [0.29, 0.717) is 6.10 Å². The molecule has 0 amide bonds. The Bertz CT molecular complexity index is 181. The van der Waals surface area contributed by atoms with Crippen LogP contribution in [0.4, 0.5) is 0 Å². The van der Waals surface area contributed by atoms with Crippen LogP contribution in [0.25, 0.3) is 0 Å². The molecule has 3 fully saturated rings. The van der Waals surface area contributed by atoms with Gasteiger partial charge < -0.3 is 4.74 Å². The Hall–Kier alpha value is -0.120. The van der Waals surface area contributed by atoms with Crippen molar-refractivity contribution in [1.29, 1.82) is 0 Å². The zero-order chi connectivity index (χ0) is 8.67. The first-order valence-electron chi connectivity index (χ1n) is 5.50. The molecule has 74 valence electrons. The van der Waals surface area contributed by atoms with Gasteiger partial charge >= 0.3 is 0 Å². The minimum atomic E-state index is 0.576. The molecule has 3 aliphatic rings. The first kappa shape index (κ1) is 8.21. The molecule has 0 aromatic heterocycles. The highest BCUT2D eigenvalue weighted by molar-refractivity contribution is 4.88. The molecule has 1 unspecified atom stereocenters. The van der Waals surface area contributed by atoms with Gasteiger partial charge in [0.1, 0.15) is 0 Å². The van der Waals surface area contributed by atoms with Crippen LogP contribution in [-0.2, 0) is 4.74 Å². The van der Waals surface area contributed by atoms with Gasteiger partial charge in [-0.3, -0.25) is 9.80 Å². The van der Waals surface area contributed by atoms with E-state index in [2.05, 4.69) is 9.80 Å². The van der Waals surface area contributed by atoms with E-state index in [1.807, 2.05) is 0 Å². The Morgan fingerprint density at radius 2 is 1.77 bits per heavy atom. The molecule has 3 rings (SSSR count). The quantitative estimate of drug-likeness (QED) is 0.580. The van der Waals surface area contributed by atoms with E-state index in [4.69, 9.17) is 4.74 Å². The Morgan fingerprint density at radius 1 is 1.08 bits per heavy atom. The number of nitrogens with zero attached hydrogens (tertiary/aromatic N) is 2. The molecule has 1 aliphatic carbocycles. The lowest BCUT2D eigenvalue weighted by atomic mass is 10.3. The summed E-state index contributed by atoms with van der Waals surface area (Å²) in [4.78, 5) is 5.21. The maximum Gasteiger partial charge on any atom is 0.0936 e. The Labute approximate surface area is 79.6 Å². The molecule has 0 bridgehead atoms. The van der Waals surface area contributed by atoms with Crippen molar-refractivity contribution in [2.75, 3.05) is 39.3 Å². The van der Waals surface area contributed by atoms with Gasteiger partial charge in [0.15, 0.2) is 0 Å². The maximum atomic E-state index is 5.24. The molecule has 1 saturated carbocycles. The lowest BCUT2D eigenvalue weighted by Gasteiger charge is -2.34. The number of rotatable bonds is 3. The van der Waals surface area contributed by atoms with Crippen LogP contribution in [0.15, 0.2) is 0 Å². The summed E-state index contributed by atoms with van der Waals surface area (Å²) in [6.07, 6.45) is 3.48. The van der Waals surface area contributed by atoms with Crippen LogP contribution in [0.2, 0.25) is 0 Å². The minimum Gasteiger partial charge on any atom is -0.372 e. The van der Waals surface area contributed by atoms with Gasteiger partial charge in [-0.2, -0.15) is 0 Å². The van der Waals surface area contributed by atoms with Gasteiger partial charge in [0.25, 0.3) is 0 Å². The van der Waals surface area contributed by atoms with E-state index in [9.17, 15) is 0 Å². The van der Waals surface area contributed by atoms with Crippen LogP contribution >= 0.6 is 0 Å². The third-order valence-corrected chi connectivity index (χ3v) is 3.33. The summed E-state index contributed by atoms with van der Waals surface area (Å²) in [6, 6.07) is 0.958. The van der Waals surface area contributed by atoms with E-state index in [0.717, 1.165) is 12.6 Å². The van der Waals surface area contributed by atoms with Crippen LogP contribution in [0.5, 0.6) is 0 Å². The molecule has 0 N–H and O–H groups in total. The summed E-state index contributed by atoms with van der Waals surface area (Å²) in [5, 5.41) is 0. The molecular weight excluding hydrogens is 164 g/mol. The van der Waals surface area contributed by atoms with Crippen molar-refractivity contribution in [2.24, 2.45) is 0 Å². The number of ether oxygens (including phenoxy) is 1. The maximum absolute atomic E-state index is 5.24. The van der Waals surface area contributed by atoms with Gasteiger partial charge in [0.05, 0.1) is 12.7 Å². The monoisotopic (exact) mass is 182 g/mol. The van der Waals surface area contributed by atoms with Crippen molar-refractivity contribution in [3.05, 3.63) is 0 Å². The first-order chi connectivity index (χ1) is 6.42. The van der Waals surface area contributed by atoms with E-state index >= 15 is 0 Å². The average Bonchev–Trinajstić information content (AvgIpc) is 3.01. The fourth-order valence-electron chi connectivity index (χ4n) is 2.21. The second kappa shape index (κ2) is 3.23. The topological polar surface area (TPSA) is 19.0 Å². The van der Waals surface area contributed by atoms with Gasteiger partial charge in [0, 0.05) is 38.8 Å². The predicted octanol–water partition coefficient (Wildman–Crippen LogP) is 0.165. The van der Waals surface area contributed by atoms with Crippen LogP contribution in [0, 0.1) is 0 Å². The fraction of sp³-hybridized carbons (Fsp3) is 1.00. The molecule has 0 aromatic carbocycles. The van der Waals surface area contributed by atoms with Gasteiger partial charge in [-0.05, 0) is 12.8 Å². The summed E-state index contributed by atoms with van der Waals surface area (Å²) in [7, 11) is 0. The van der Waals surface area contributed by atoms with Crippen molar-refractivity contribution >= 4 is 0 Å². The molecule has 1 atom stereocenters. The zero-order valence-electron chi connectivity index (χ0n) is 8.11. The highest BCUT2D eigenvalue weighted by Crippen LogP contribution is 2.27. The second-order valence-corrected chi connectivity index (χ2v) is 4.52. The lowest BCUT2D eigenvalue weighted by molar-refractivity contribution is 0.119. The lowest BCUT2D eigenvalue weighted by Crippen LogP contribution is -2.48. The van der Waals surface area contributed by atoms with Gasteiger partial charge in [-0.25, -0.2) is 0 Å². The molecule has 0 spiro atoms. The Morgan fingerprint density at radius 3 is 2.31 bits per heavy atom. The van der Waals surface area contributed by atoms with Crippen LogP contribution in [0.1, 0.15) is 12.8 Å². The van der Waals surface area contributed by atoms with Gasteiger partial charge in [0.2, 0.25) is 0 Å². The standard InChI is InChI=1S/C10H18N2O/c1-2-9(1)12-5-3-11(4-6-12)7-10-8-13-10/h9-10H,1-8H2. The predicted molar refractivity (Wildman–Crippen MR) is 50.8 cm³/mol. The summed E-state index contributed by atoms with van der Waals surface area (Å²) >= 11 is 0. The number of piperazine rings is 1. The molecule has 0 radical (unpaired) electrons. The third kappa shape index (κ3) is 2.03. The molecule has 2 heterocycles. The van der Waals surface area contributed by atoms with Crippen LogP contribution in [0.3, 0.4) is 0 Å². The summed E-state index contributed by atoms with van der Waals surface area (Å²) in [5.41, 5.74) is 0. The minimum absolute atomic E-state index is 0.576. The largest absolute Gasteiger partial charge is 0.372 e. The van der Waals surface area contributed by atoms with E-state index in [-0.39, 0.29) is 0 Å². The smallest absolute Gasteiger partial charge is 0.0936 e. The summed E-state index contributed by atoms with van der Waals surface area (Å²) < 4.78 is 5.24. The van der Waals surface area contributed by atoms with Crippen molar-refractivity contribution in [3.63, 3.8) is 0 Å². The summed E-state index contributed by atoms with van der Waals surface area (Å²) in [5.74, 6) is 0. The van der Waals surface area contributed by atoms with E-state index < -0.39 is 0 Å². The van der Waals surface area contributed by atoms with Gasteiger partial charge in [-0.1, -0.05) is 0 Å². The average molecular weight is 182 g/mol. The van der Waals surface area contributed by atoms with E-state index in [1.54, 1.807) is 0 Å². The molecule has 13 heavy (non-hydrogen) atoms. The fourth-order valence-corrected chi connectivity index (χ4v) is 2.21. The molecule has 3 heteroatoms. The van der Waals surface area contributed by atoms with Crippen LogP contribution < -0.4 is 0 Å². The van der Waals surface area contributed by atoms with Crippen molar-refractivity contribution in [1.82, 2.24) is 9.80 Å². The Kier molecular flexibility index (Phi) is 2.04. The highest BCUT2D eigenvalue weighted by Gasteiger charge is 2.33. The van der Waals surface area contributed by atoms with E-state index in [1.165, 1.54) is 45.6 Å². The molecule has 3 nitrogen and oxygen atoms in total. The third-order valence-electron chi connectivity index (χ3n) is 3.33. The normalized spacial score (nSPS) is 36.5. The number of hydrogen-bond donors (Lipinski definition) is 0.